The van der Waals surface area contributed by atoms with E-state index < -0.39 is 0 Å². The minimum Gasteiger partial charge on any atom is -0.357 e. The minimum absolute atomic E-state index is 0.653. The summed E-state index contributed by atoms with van der Waals surface area (Å²) in [6.45, 7) is 8.83. The van der Waals surface area contributed by atoms with Crippen molar-refractivity contribution in [1.29, 1.82) is 0 Å². The number of hydrogen-bond donors (Lipinski definition) is 2. The van der Waals surface area contributed by atoms with E-state index in [0.717, 1.165) is 24.1 Å². The van der Waals surface area contributed by atoms with Gasteiger partial charge in [0, 0.05) is 24.2 Å². The van der Waals surface area contributed by atoms with Gasteiger partial charge in [0.2, 0.25) is 0 Å². The first-order chi connectivity index (χ1) is 8.26. The molecule has 17 heavy (non-hydrogen) atoms. The zero-order valence-corrected chi connectivity index (χ0v) is 11.7. The van der Waals surface area contributed by atoms with Crippen molar-refractivity contribution in [3.8, 4) is 0 Å². The van der Waals surface area contributed by atoms with Crippen LogP contribution in [0.2, 0.25) is 0 Å². The van der Waals surface area contributed by atoms with Crippen LogP contribution >= 0.6 is 11.3 Å². The van der Waals surface area contributed by atoms with Crippen molar-refractivity contribution < 1.29 is 0 Å². The molecule has 0 saturated carbocycles. The van der Waals surface area contributed by atoms with E-state index in [0.29, 0.717) is 6.54 Å². The van der Waals surface area contributed by atoms with Gasteiger partial charge in [-0.1, -0.05) is 13.3 Å². The van der Waals surface area contributed by atoms with Crippen molar-refractivity contribution in [3.05, 3.63) is 16.1 Å². The summed E-state index contributed by atoms with van der Waals surface area (Å²) >= 11 is 1.70. The molecule has 0 spiro atoms. The average Bonchev–Trinajstić information content (AvgIpc) is 2.72. The van der Waals surface area contributed by atoms with Crippen LogP contribution in [-0.4, -0.2) is 24.0 Å². The maximum atomic E-state index is 4.51. The van der Waals surface area contributed by atoms with Crippen LogP contribution in [0.15, 0.2) is 11.2 Å². The Balaban J connectivity index is 2.44. The second kappa shape index (κ2) is 8.06. The number of guanidine groups is 1. The van der Waals surface area contributed by atoms with Crippen molar-refractivity contribution >= 4 is 17.3 Å². The molecular formula is C12H22N4S. The Morgan fingerprint density at radius 3 is 2.82 bits per heavy atom. The monoisotopic (exact) mass is 254 g/mol. The lowest BCUT2D eigenvalue weighted by Gasteiger charge is -2.10. The maximum Gasteiger partial charge on any atom is 0.191 e. The molecule has 0 aliphatic heterocycles. The lowest BCUT2D eigenvalue weighted by molar-refractivity contribution is 0.730. The van der Waals surface area contributed by atoms with Crippen molar-refractivity contribution in [3.63, 3.8) is 0 Å². The minimum atomic E-state index is 0.653. The summed E-state index contributed by atoms with van der Waals surface area (Å²) in [6, 6.07) is 0. The fraction of sp³-hybridized carbons (Fsp3) is 0.667. The molecule has 0 aromatic carbocycles. The summed E-state index contributed by atoms with van der Waals surface area (Å²) in [4.78, 5) is 10.0. The van der Waals surface area contributed by atoms with Crippen molar-refractivity contribution in [2.24, 2.45) is 4.99 Å². The van der Waals surface area contributed by atoms with E-state index in [1.54, 1.807) is 11.3 Å². The second-order valence-corrected chi connectivity index (χ2v) is 5.16. The number of nitrogens with zero attached hydrogens (tertiary/aromatic N) is 2. The Kier molecular flexibility index (Phi) is 6.62. The van der Waals surface area contributed by atoms with E-state index in [4.69, 9.17) is 0 Å². The topological polar surface area (TPSA) is 49.3 Å². The van der Waals surface area contributed by atoms with Gasteiger partial charge in [-0.3, -0.25) is 0 Å². The molecule has 0 bridgehead atoms. The first kappa shape index (κ1) is 14.0. The normalized spacial score (nSPS) is 11.6. The van der Waals surface area contributed by atoms with Crippen molar-refractivity contribution in [2.45, 2.75) is 40.2 Å². The van der Waals surface area contributed by atoms with Gasteiger partial charge < -0.3 is 10.6 Å². The van der Waals surface area contributed by atoms with E-state index >= 15 is 0 Å². The molecule has 1 aromatic heterocycles. The number of hydrogen-bond acceptors (Lipinski definition) is 3. The molecule has 0 fully saturated rings. The van der Waals surface area contributed by atoms with Crippen molar-refractivity contribution in [1.82, 2.24) is 15.6 Å². The molecule has 2 N–H and O–H groups in total. The lowest BCUT2D eigenvalue weighted by atomic mass is 10.3. The second-order valence-electron chi connectivity index (χ2n) is 3.84. The summed E-state index contributed by atoms with van der Waals surface area (Å²) in [7, 11) is 0. The van der Waals surface area contributed by atoms with Crippen LogP contribution in [0.25, 0.3) is 0 Å². The van der Waals surface area contributed by atoms with Gasteiger partial charge in [0.05, 0.1) is 6.54 Å². The summed E-state index contributed by atoms with van der Waals surface area (Å²) < 4.78 is 0. The highest BCUT2D eigenvalue weighted by molar-refractivity contribution is 7.11. The molecule has 96 valence electrons. The fourth-order valence-electron chi connectivity index (χ4n) is 1.35. The Morgan fingerprint density at radius 2 is 2.24 bits per heavy atom. The largest absolute Gasteiger partial charge is 0.357 e. The Morgan fingerprint density at radius 1 is 1.41 bits per heavy atom. The maximum absolute atomic E-state index is 4.51. The Hall–Kier alpha value is -1.10. The molecule has 0 atom stereocenters. The van der Waals surface area contributed by atoms with Gasteiger partial charge in [-0.2, -0.15) is 0 Å². The number of aromatic nitrogens is 1. The fourth-order valence-corrected chi connectivity index (χ4v) is 2.06. The highest BCUT2D eigenvalue weighted by Gasteiger charge is 1.99. The molecule has 5 heteroatoms. The summed E-state index contributed by atoms with van der Waals surface area (Å²) in [5.41, 5.74) is 0. The number of aliphatic imine (C=N–C) groups is 1. The quantitative estimate of drug-likeness (QED) is 0.465. The molecule has 1 aromatic rings. The summed E-state index contributed by atoms with van der Waals surface area (Å²) in [6.07, 6.45) is 4.26. The predicted octanol–water partition coefficient (Wildman–Crippen LogP) is 2.31. The highest BCUT2D eigenvalue weighted by atomic mass is 32.1. The molecule has 0 aliphatic rings. The van der Waals surface area contributed by atoms with Gasteiger partial charge >= 0.3 is 0 Å². The van der Waals surface area contributed by atoms with Crippen molar-refractivity contribution in [2.75, 3.05) is 13.1 Å². The third-order valence-electron chi connectivity index (χ3n) is 2.21. The third-order valence-corrected chi connectivity index (χ3v) is 3.11. The van der Waals surface area contributed by atoms with Crippen LogP contribution in [0.3, 0.4) is 0 Å². The molecule has 0 saturated heterocycles. The molecular weight excluding hydrogens is 232 g/mol. The smallest absolute Gasteiger partial charge is 0.191 e. The number of aryl methyl sites for hydroxylation is 1. The van der Waals surface area contributed by atoms with Crippen LogP contribution in [-0.2, 0) is 6.54 Å². The molecule has 0 radical (unpaired) electrons. The number of rotatable bonds is 6. The van der Waals surface area contributed by atoms with Crippen LogP contribution < -0.4 is 10.6 Å². The van der Waals surface area contributed by atoms with E-state index in [2.05, 4.69) is 41.4 Å². The molecule has 0 unspecified atom stereocenters. The molecule has 1 heterocycles. The van der Waals surface area contributed by atoms with E-state index in [1.165, 1.54) is 17.7 Å². The third kappa shape index (κ3) is 5.68. The van der Waals surface area contributed by atoms with Crippen LogP contribution in [0.1, 0.15) is 36.6 Å². The van der Waals surface area contributed by atoms with Crippen LogP contribution in [0.4, 0.5) is 0 Å². The van der Waals surface area contributed by atoms with Crippen LogP contribution in [0.5, 0.6) is 0 Å². The first-order valence-corrected chi connectivity index (χ1v) is 7.01. The summed E-state index contributed by atoms with van der Waals surface area (Å²) in [5.74, 6) is 0.883. The van der Waals surface area contributed by atoms with Crippen LogP contribution in [0, 0.1) is 6.92 Å². The predicted molar refractivity (Wildman–Crippen MR) is 74.6 cm³/mol. The van der Waals surface area contributed by atoms with Gasteiger partial charge in [-0.05, 0) is 20.3 Å². The Labute approximate surface area is 108 Å². The average molecular weight is 254 g/mol. The number of unbranched alkanes of at least 4 members (excludes halogenated alkanes) is 1. The number of thiazole rings is 1. The van der Waals surface area contributed by atoms with Gasteiger partial charge in [0.15, 0.2) is 5.96 Å². The van der Waals surface area contributed by atoms with E-state index in [9.17, 15) is 0 Å². The summed E-state index contributed by atoms with van der Waals surface area (Å²) in [5, 5.41) is 7.61. The van der Waals surface area contributed by atoms with Gasteiger partial charge in [-0.25, -0.2) is 9.98 Å². The first-order valence-electron chi connectivity index (χ1n) is 6.19. The lowest BCUT2D eigenvalue weighted by Crippen LogP contribution is -2.37. The molecule has 0 aliphatic carbocycles. The zero-order valence-electron chi connectivity index (χ0n) is 10.9. The standard InChI is InChI=1S/C12H22N4S/c1-4-6-7-14-12(13-5-2)16-9-11-15-8-10(3)17-11/h8H,4-7,9H2,1-3H3,(H2,13,14,16). The molecule has 4 nitrogen and oxygen atoms in total. The van der Waals surface area contributed by atoms with Gasteiger partial charge in [0.1, 0.15) is 5.01 Å². The zero-order chi connectivity index (χ0) is 12.5. The molecule has 1 rings (SSSR count). The number of nitrogens with one attached hydrogen (secondary N) is 2. The van der Waals surface area contributed by atoms with Gasteiger partial charge in [-0.15, -0.1) is 11.3 Å². The van der Waals surface area contributed by atoms with Gasteiger partial charge in [0.25, 0.3) is 0 Å². The van der Waals surface area contributed by atoms with E-state index in [-0.39, 0.29) is 0 Å². The Bertz CT molecular complexity index is 346. The SMILES string of the molecule is CCCCNC(=NCc1ncc(C)s1)NCC. The molecule has 0 amide bonds. The highest BCUT2D eigenvalue weighted by Crippen LogP contribution is 2.11. The van der Waals surface area contributed by atoms with E-state index in [1.807, 2.05) is 6.20 Å².